The Hall–Kier alpha value is -2.34. The minimum Gasteiger partial charge on any atom is -0.497 e. The summed E-state index contributed by atoms with van der Waals surface area (Å²) in [6, 6.07) is 11.9. The Bertz CT molecular complexity index is 962. The first-order chi connectivity index (χ1) is 13.2. The maximum absolute atomic E-state index is 12.2. The molecule has 8 nitrogen and oxygen atoms in total. The zero-order valence-electron chi connectivity index (χ0n) is 15.5. The highest BCUT2D eigenvalue weighted by atomic mass is 127. The lowest BCUT2D eigenvalue weighted by Crippen LogP contribution is -2.39. The van der Waals surface area contributed by atoms with Gasteiger partial charge in [-0.3, -0.25) is 9.10 Å². The summed E-state index contributed by atoms with van der Waals surface area (Å²) in [5.41, 5.74) is 3.36. The standard InChI is InChI=1S/C18H20IN3O5S/c1-26-16-9-4-13(17(10-16)27-2)11-20-21-18(23)12-22(28(3,24)25)15-7-5-14(19)6-8-15/h4-11H,12H2,1-3H3,(H,21,23)/b20-11-. The van der Waals surface area contributed by atoms with Gasteiger partial charge < -0.3 is 9.47 Å². The molecule has 2 aromatic rings. The number of nitrogens with one attached hydrogen (secondary N) is 1. The molecular formula is C18H20IN3O5S. The van der Waals surface area contributed by atoms with E-state index in [-0.39, 0.29) is 0 Å². The number of sulfonamides is 1. The molecule has 28 heavy (non-hydrogen) atoms. The van der Waals surface area contributed by atoms with Crippen LogP contribution in [0.25, 0.3) is 0 Å². The normalized spacial score (nSPS) is 11.3. The van der Waals surface area contributed by atoms with E-state index in [2.05, 4.69) is 33.1 Å². The average molecular weight is 517 g/mol. The second kappa shape index (κ2) is 9.73. The van der Waals surface area contributed by atoms with Crippen molar-refractivity contribution < 1.29 is 22.7 Å². The van der Waals surface area contributed by atoms with Crippen LogP contribution in [0, 0.1) is 3.57 Å². The number of hydrazone groups is 1. The third-order valence-electron chi connectivity index (χ3n) is 3.64. The summed E-state index contributed by atoms with van der Waals surface area (Å²) in [5, 5.41) is 3.88. The number of carbonyl (C=O) groups excluding carboxylic acids is 1. The number of methoxy groups -OCH3 is 2. The van der Waals surface area contributed by atoms with E-state index in [1.54, 1.807) is 49.6 Å². The van der Waals surface area contributed by atoms with Gasteiger partial charge in [-0.1, -0.05) is 0 Å². The summed E-state index contributed by atoms with van der Waals surface area (Å²) >= 11 is 2.12. The number of ether oxygens (including phenoxy) is 2. The van der Waals surface area contributed by atoms with Gasteiger partial charge in [-0.15, -0.1) is 0 Å². The van der Waals surface area contributed by atoms with E-state index >= 15 is 0 Å². The fraction of sp³-hybridized carbons (Fsp3) is 0.222. The number of rotatable bonds is 8. The molecule has 0 atom stereocenters. The molecule has 1 N–H and O–H groups in total. The van der Waals surface area contributed by atoms with Crippen molar-refractivity contribution in [3.05, 3.63) is 51.6 Å². The molecule has 0 aliphatic heterocycles. The second-order valence-electron chi connectivity index (χ2n) is 5.65. The van der Waals surface area contributed by atoms with Crippen LogP contribution in [0.3, 0.4) is 0 Å². The number of anilines is 1. The quantitative estimate of drug-likeness (QED) is 0.329. The predicted octanol–water partition coefficient (Wildman–Crippen LogP) is 2.22. The molecule has 0 spiro atoms. The zero-order chi connectivity index (χ0) is 20.7. The lowest BCUT2D eigenvalue weighted by Gasteiger charge is -2.21. The number of halogens is 1. The van der Waals surface area contributed by atoms with Gasteiger partial charge >= 0.3 is 0 Å². The Labute approximate surface area is 177 Å². The molecule has 0 bridgehead atoms. The molecule has 0 aliphatic carbocycles. The molecule has 1 amide bonds. The lowest BCUT2D eigenvalue weighted by molar-refractivity contribution is -0.119. The van der Waals surface area contributed by atoms with Gasteiger partial charge in [0.15, 0.2) is 0 Å². The van der Waals surface area contributed by atoms with E-state index in [1.807, 2.05) is 0 Å². The predicted molar refractivity (Wildman–Crippen MR) is 117 cm³/mol. The molecule has 0 saturated carbocycles. The minimum absolute atomic E-state index is 0.392. The Morgan fingerprint density at radius 3 is 2.43 bits per heavy atom. The Kier molecular flexibility index (Phi) is 7.63. The highest BCUT2D eigenvalue weighted by Gasteiger charge is 2.20. The SMILES string of the molecule is COc1ccc(/C=N\NC(=O)CN(c2ccc(I)cc2)S(C)(=O)=O)c(OC)c1. The molecule has 2 aromatic carbocycles. The molecule has 2 rings (SSSR count). The van der Waals surface area contributed by atoms with Gasteiger partial charge in [-0.2, -0.15) is 5.10 Å². The topological polar surface area (TPSA) is 97.3 Å². The van der Waals surface area contributed by atoms with Crippen LogP contribution >= 0.6 is 22.6 Å². The molecule has 0 aliphatic rings. The molecule has 0 aromatic heterocycles. The van der Waals surface area contributed by atoms with Gasteiger partial charge in [0.2, 0.25) is 10.0 Å². The van der Waals surface area contributed by atoms with Crippen LogP contribution in [-0.4, -0.2) is 47.6 Å². The van der Waals surface area contributed by atoms with E-state index in [0.717, 1.165) is 14.1 Å². The van der Waals surface area contributed by atoms with E-state index in [0.29, 0.717) is 22.7 Å². The fourth-order valence-corrected chi connectivity index (χ4v) is 3.49. The van der Waals surface area contributed by atoms with E-state index < -0.39 is 22.5 Å². The summed E-state index contributed by atoms with van der Waals surface area (Å²) in [7, 11) is -0.582. The Morgan fingerprint density at radius 2 is 1.86 bits per heavy atom. The molecule has 10 heteroatoms. The minimum atomic E-state index is -3.64. The van der Waals surface area contributed by atoms with Gasteiger partial charge in [0.05, 0.1) is 32.4 Å². The first-order valence-corrected chi connectivity index (χ1v) is 10.9. The third-order valence-corrected chi connectivity index (χ3v) is 5.50. The highest BCUT2D eigenvalue weighted by Crippen LogP contribution is 2.23. The molecule has 0 saturated heterocycles. The molecule has 150 valence electrons. The van der Waals surface area contributed by atoms with Crippen molar-refractivity contribution in [2.75, 3.05) is 31.3 Å². The van der Waals surface area contributed by atoms with Crippen LogP contribution in [0.15, 0.2) is 47.6 Å². The molecular weight excluding hydrogens is 497 g/mol. The van der Waals surface area contributed by atoms with Gasteiger partial charge in [0.25, 0.3) is 5.91 Å². The van der Waals surface area contributed by atoms with Crippen LogP contribution < -0.4 is 19.2 Å². The van der Waals surface area contributed by atoms with Crippen molar-refractivity contribution in [1.29, 1.82) is 0 Å². The largest absolute Gasteiger partial charge is 0.497 e. The fourth-order valence-electron chi connectivity index (χ4n) is 2.27. The van der Waals surface area contributed by atoms with Crippen molar-refractivity contribution in [1.82, 2.24) is 5.43 Å². The van der Waals surface area contributed by atoms with E-state index in [1.165, 1.54) is 13.3 Å². The maximum Gasteiger partial charge on any atom is 0.260 e. The van der Waals surface area contributed by atoms with Gasteiger partial charge in [-0.05, 0) is 59.0 Å². The van der Waals surface area contributed by atoms with Crippen LogP contribution in [0.1, 0.15) is 5.56 Å². The first kappa shape index (κ1) is 22.0. The van der Waals surface area contributed by atoms with E-state index in [9.17, 15) is 13.2 Å². The van der Waals surface area contributed by atoms with Crippen molar-refractivity contribution >= 4 is 50.4 Å². The second-order valence-corrected chi connectivity index (χ2v) is 8.80. The monoisotopic (exact) mass is 517 g/mol. The van der Waals surface area contributed by atoms with Crippen molar-refractivity contribution in [3.63, 3.8) is 0 Å². The van der Waals surface area contributed by atoms with Crippen molar-refractivity contribution in [3.8, 4) is 11.5 Å². The van der Waals surface area contributed by atoms with Crippen LogP contribution in [0.5, 0.6) is 11.5 Å². The number of hydrogen-bond donors (Lipinski definition) is 1. The summed E-state index contributed by atoms with van der Waals surface area (Å²) in [5.74, 6) is 0.570. The highest BCUT2D eigenvalue weighted by molar-refractivity contribution is 14.1. The van der Waals surface area contributed by atoms with E-state index in [4.69, 9.17) is 9.47 Å². The first-order valence-electron chi connectivity index (χ1n) is 8.02. The third kappa shape index (κ3) is 6.09. The van der Waals surface area contributed by atoms with Gasteiger partial charge in [-0.25, -0.2) is 13.8 Å². The zero-order valence-corrected chi connectivity index (χ0v) is 18.5. The lowest BCUT2D eigenvalue weighted by atomic mass is 10.2. The van der Waals surface area contributed by atoms with Gasteiger partial charge in [0, 0.05) is 15.2 Å². The summed E-state index contributed by atoms with van der Waals surface area (Å²) in [6.45, 7) is -0.392. The Balaban J connectivity index is 2.09. The Morgan fingerprint density at radius 1 is 1.18 bits per heavy atom. The molecule has 0 fully saturated rings. The summed E-state index contributed by atoms with van der Waals surface area (Å²) < 4.78 is 36.5. The van der Waals surface area contributed by atoms with Crippen LogP contribution in [0.4, 0.5) is 5.69 Å². The number of carbonyl (C=O) groups is 1. The number of hydrogen-bond acceptors (Lipinski definition) is 6. The molecule has 0 radical (unpaired) electrons. The van der Waals surface area contributed by atoms with Crippen LogP contribution in [0.2, 0.25) is 0 Å². The van der Waals surface area contributed by atoms with Crippen LogP contribution in [-0.2, 0) is 14.8 Å². The number of amides is 1. The average Bonchev–Trinajstić information content (AvgIpc) is 2.66. The number of nitrogens with zero attached hydrogens (tertiary/aromatic N) is 2. The summed E-state index contributed by atoms with van der Waals surface area (Å²) in [6.07, 6.45) is 2.45. The van der Waals surface area contributed by atoms with Gasteiger partial charge in [0.1, 0.15) is 18.0 Å². The maximum atomic E-state index is 12.2. The smallest absolute Gasteiger partial charge is 0.260 e. The summed E-state index contributed by atoms with van der Waals surface area (Å²) in [4.78, 5) is 12.2. The van der Waals surface area contributed by atoms with Crippen molar-refractivity contribution in [2.24, 2.45) is 5.10 Å². The number of benzene rings is 2. The molecule has 0 heterocycles. The molecule has 0 unspecified atom stereocenters. The van der Waals surface area contributed by atoms with Crippen molar-refractivity contribution in [2.45, 2.75) is 0 Å².